The highest BCUT2D eigenvalue weighted by atomic mass is 16.5. The molecule has 0 saturated heterocycles. The van der Waals surface area contributed by atoms with Crippen LogP contribution in [0.4, 0.5) is 0 Å². The average molecular weight is 764 g/mol. The standard InChI is InChI=1S/C53H41N5O/c1-53(2,3)40-31-32-54-50(33-40)58-48-28-14-13-25-46(48)47-30-29-43(35-49(47)58)59-42-24-15-23-41(34-42)56-36-57(55-52(56)39-21-11-6-12-22-39)51-44(37-17-7-4-8-18-37)26-16-27-45(51)38-19-9-5-10-20-38/h4-35H,1-3H3. The number of aromatic nitrogens is 5. The van der Waals surface area contributed by atoms with Crippen molar-refractivity contribution in [3.8, 4) is 62.3 Å². The van der Waals surface area contributed by atoms with E-state index in [2.05, 4.69) is 165 Å². The summed E-state index contributed by atoms with van der Waals surface area (Å²) >= 11 is 0. The monoisotopic (exact) mass is 763 g/mol. The number of hydrogen-bond acceptors (Lipinski definition) is 3. The zero-order valence-electron chi connectivity index (χ0n) is 33.1. The second-order valence-corrected chi connectivity index (χ2v) is 15.8. The lowest BCUT2D eigenvalue weighted by atomic mass is 9.88. The Balaban J connectivity index is 1.09. The van der Waals surface area contributed by atoms with Crippen molar-refractivity contribution in [3.05, 3.63) is 206 Å². The molecule has 0 bridgehead atoms. The number of para-hydroxylation sites is 2. The van der Waals surface area contributed by atoms with E-state index in [0.717, 1.165) is 73.0 Å². The molecule has 0 amide bonds. The lowest BCUT2D eigenvalue weighted by Crippen LogP contribution is -2.34. The molecule has 0 aliphatic heterocycles. The van der Waals surface area contributed by atoms with Gasteiger partial charge in [-0.25, -0.2) is 4.98 Å². The molecule has 10 rings (SSSR count). The Morgan fingerprint density at radius 2 is 1.15 bits per heavy atom. The van der Waals surface area contributed by atoms with Crippen LogP contribution in [0.25, 0.3) is 72.6 Å². The predicted molar refractivity (Wildman–Crippen MR) is 238 cm³/mol. The van der Waals surface area contributed by atoms with E-state index < -0.39 is 0 Å². The van der Waals surface area contributed by atoms with Crippen LogP contribution >= 0.6 is 0 Å². The van der Waals surface area contributed by atoms with E-state index in [9.17, 15) is 0 Å². The van der Waals surface area contributed by atoms with Crippen molar-refractivity contribution in [2.24, 2.45) is 0 Å². The molecule has 0 unspecified atom stereocenters. The Hall–Kier alpha value is -7.57. The summed E-state index contributed by atoms with van der Waals surface area (Å²) in [5, 5.41) is 7.61. The molecule has 0 N–H and O–H groups in total. The fourth-order valence-electron chi connectivity index (χ4n) is 7.92. The molecule has 3 heterocycles. The van der Waals surface area contributed by atoms with Gasteiger partial charge in [0.05, 0.1) is 22.4 Å². The molecule has 0 saturated carbocycles. The molecule has 59 heavy (non-hydrogen) atoms. The number of ether oxygens (including phenoxy) is 1. The van der Waals surface area contributed by atoms with Crippen molar-refractivity contribution in [2.45, 2.75) is 26.2 Å². The molecule has 10 aromatic rings. The van der Waals surface area contributed by atoms with Gasteiger partial charge in [-0.3, -0.25) is 9.13 Å². The maximum atomic E-state index is 6.72. The Morgan fingerprint density at radius 3 is 1.85 bits per heavy atom. The van der Waals surface area contributed by atoms with Crippen LogP contribution in [0.1, 0.15) is 26.3 Å². The van der Waals surface area contributed by atoms with E-state index in [0.29, 0.717) is 5.75 Å². The van der Waals surface area contributed by atoms with Crippen LogP contribution < -0.4 is 9.42 Å². The minimum absolute atomic E-state index is 0.0164. The minimum Gasteiger partial charge on any atom is -0.458 e. The van der Waals surface area contributed by atoms with Crippen molar-refractivity contribution in [1.82, 2.24) is 19.2 Å². The molecule has 0 aliphatic carbocycles. The van der Waals surface area contributed by atoms with Gasteiger partial charge in [0.25, 0.3) is 6.33 Å². The SMILES string of the molecule is CC(C)(C)c1ccnc(-n2c3ccccc3c3ccc(Oc4cccc(-n5[c-][n+](-c6c(-c7ccccc7)cccc6-c6ccccc6)nc5-c5ccccc5)c4)cc32)c1. The fraction of sp³-hybridized carbons (Fsp3) is 0.0755. The summed E-state index contributed by atoms with van der Waals surface area (Å²) in [6, 6.07) is 64.8. The maximum absolute atomic E-state index is 6.72. The first-order valence-corrected chi connectivity index (χ1v) is 19.9. The second kappa shape index (κ2) is 14.7. The van der Waals surface area contributed by atoms with Crippen LogP contribution in [-0.4, -0.2) is 19.2 Å². The molecule has 0 radical (unpaired) electrons. The summed E-state index contributed by atoms with van der Waals surface area (Å²) in [5.41, 5.74) is 10.4. The highest BCUT2D eigenvalue weighted by molar-refractivity contribution is 6.09. The Labute approximate surface area is 343 Å². The number of hydrogen-bond donors (Lipinski definition) is 0. The van der Waals surface area contributed by atoms with E-state index in [1.165, 1.54) is 10.9 Å². The van der Waals surface area contributed by atoms with Crippen molar-refractivity contribution in [1.29, 1.82) is 0 Å². The number of benzene rings is 7. The lowest BCUT2D eigenvalue weighted by Gasteiger charge is -2.20. The quantitative estimate of drug-likeness (QED) is 0.114. The Bertz CT molecular complexity index is 3050. The zero-order valence-corrected chi connectivity index (χ0v) is 33.1. The van der Waals surface area contributed by atoms with Crippen molar-refractivity contribution >= 4 is 21.8 Å². The highest BCUT2D eigenvalue weighted by Crippen LogP contribution is 2.37. The number of rotatable bonds is 8. The molecule has 0 aliphatic rings. The van der Waals surface area contributed by atoms with Gasteiger partial charge in [0.1, 0.15) is 17.3 Å². The van der Waals surface area contributed by atoms with Crippen LogP contribution in [0.5, 0.6) is 11.5 Å². The Kier molecular flexibility index (Phi) is 8.95. The van der Waals surface area contributed by atoms with Gasteiger partial charge in [-0.1, -0.05) is 160 Å². The summed E-state index contributed by atoms with van der Waals surface area (Å²) in [6.07, 6.45) is 5.57. The topological polar surface area (TPSA) is 48.8 Å². The summed E-state index contributed by atoms with van der Waals surface area (Å²) in [6.45, 7) is 6.69. The number of fused-ring (bicyclic) bond motifs is 3. The van der Waals surface area contributed by atoms with E-state index in [-0.39, 0.29) is 5.41 Å². The van der Waals surface area contributed by atoms with Crippen molar-refractivity contribution < 1.29 is 9.42 Å². The first-order valence-electron chi connectivity index (χ1n) is 19.9. The molecule has 0 spiro atoms. The van der Waals surface area contributed by atoms with Gasteiger partial charge in [0.15, 0.2) is 5.82 Å². The third-order valence-corrected chi connectivity index (χ3v) is 10.8. The molecule has 0 fully saturated rings. The van der Waals surface area contributed by atoms with Crippen LogP contribution in [0.2, 0.25) is 0 Å². The van der Waals surface area contributed by atoms with Gasteiger partial charge >= 0.3 is 0 Å². The van der Waals surface area contributed by atoms with Gasteiger partial charge < -0.3 is 4.74 Å². The third-order valence-electron chi connectivity index (χ3n) is 10.8. The van der Waals surface area contributed by atoms with Gasteiger partial charge in [0, 0.05) is 28.6 Å². The lowest BCUT2D eigenvalue weighted by molar-refractivity contribution is -0.659. The largest absolute Gasteiger partial charge is 0.458 e. The van der Waals surface area contributed by atoms with Crippen LogP contribution in [0.15, 0.2) is 194 Å². The van der Waals surface area contributed by atoms with E-state index >= 15 is 0 Å². The molecule has 284 valence electrons. The van der Waals surface area contributed by atoms with Crippen LogP contribution in [-0.2, 0) is 5.41 Å². The first-order chi connectivity index (χ1) is 28.9. The summed E-state index contributed by atoms with van der Waals surface area (Å²) in [4.78, 5) is 4.86. The maximum Gasteiger partial charge on any atom is 0.273 e. The van der Waals surface area contributed by atoms with E-state index in [4.69, 9.17) is 14.8 Å². The smallest absolute Gasteiger partial charge is 0.273 e. The fourth-order valence-corrected chi connectivity index (χ4v) is 7.92. The first kappa shape index (κ1) is 35.8. The van der Waals surface area contributed by atoms with Crippen molar-refractivity contribution in [3.63, 3.8) is 0 Å². The normalized spacial score (nSPS) is 11.6. The molecule has 6 nitrogen and oxygen atoms in total. The molecular weight excluding hydrogens is 723 g/mol. The van der Waals surface area contributed by atoms with Crippen LogP contribution in [0.3, 0.4) is 0 Å². The third kappa shape index (κ3) is 6.74. The average Bonchev–Trinajstić information content (AvgIpc) is 3.87. The molecule has 3 aromatic heterocycles. The summed E-state index contributed by atoms with van der Waals surface area (Å²) in [7, 11) is 0. The number of nitrogens with zero attached hydrogens (tertiary/aromatic N) is 5. The minimum atomic E-state index is -0.0164. The van der Waals surface area contributed by atoms with Gasteiger partial charge in [-0.05, 0) is 75.7 Å². The molecular formula is C53H41N5O. The highest BCUT2D eigenvalue weighted by Gasteiger charge is 2.22. The van der Waals surface area contributed by atoms with Gasteiger partial charge in [0.2, 0.25) is 0 Å². The van der Waals surface area contributed by atoms with Crippen molar-refractivity contribution in [2.75, 3.05) is 0 Å². The molecule has 0 atom stereocenters. The van der Waals surface area contributed by atoms with E-state index in [1.807, 2.05) is 70.0 Å². The van der Waals surface area contributed by atoms with Gasteiger partial charge in [-0.2, -0.15) is 4.68 Å². The summed E-state index contributed by atoms with van der Waals surface area (Å²) in [5.74, 6) is 3.05. The van der Waals surface area contributed by atoms with Crippen LogP contribution in [0, 0.1) is 6.33 Å². The molecule has 7 aromatic carbocycles. The molecule has 6 heteroatoms. The predicted octanol–water partition coefficient (Wildman–Crippen LogP) is 12.5. The Morgan fingerprint density at radius 1 is 0.542 bits per heavy atom. The number of pyridine rings is 1. The zero-order chi connectivity index (χ0) is 39.9. The summed E-state index contributed by atoms with van der Waals surface area (Å²) < 4.78 is 12.9. The van der Waals surface area contributed by atoms with E-state index in [1.54, 1.807) is 0 Å². The second-order valence-electron chi connectivity index (χ2n) is 15.8. The van der Waals surface area contributed by atoms with Gasteiger partial charge in [-0.15, -0.1) is 5.10 Å².